The van der Waals surface area contributed by atoms with Gasteiger partial charge in [-0.3, -0.25) is 19.2 Å². The highest BCUT2D eigenvalue weighted by atomic mass is 32.2. The van der Waals surface area contributed by atoms with E-state index in [2.05, 4.69) is 0 Å². The van der Waals surface area contributed by atoms with Crippen molar-refractivity contribution in [1.82, 2.24) is 0 Å². The molecule has 208 valence electrons. The van der Waals surface area contributed by atoms with Crippen LogP contribution in [0.3, 0.4) is 0 Å². The Labute approximate surface area is 224 Å². The van der Waals surface area contributed by atoms with E-state index >= 15 is 8.78 Å². The number of carbonyl (C=O) groups is 4. The molecule has 0 aromatic heterocycles. The van der Waals surface area contributed by atoms with Crippen LogP contribution in [-0.2, 0) is 28.7 Å². The lowest BCUT2D eigenvalue weighted by atomic mass is 9.44. The standard InChI is InChI=1S/C28H34F2O7S/c1-5-22(33)37-28(24(35)38-20-7-9-36-23(20)34)14(2)10-16-17-12-19(29)18-11-15(31)6-8-25(18,3)27(17,30)21(32)13-26(16,28)4/h6,8,11,14,16-17,19-21,32H,5,7,9-10,12-13H2,1-4H3/t14-,16+,17+,19+,20+,21+,25+,26+,27+,28+/m1/s1. The molecule has 0 bridgehead atoms. The number of esters is 2. The number of cyclic esters (lactones) is 1. The second-order valence-corrected chi connectivity index (χ2v) is 13.1. The summed E-state index contributed by atoms with van der Waals surface area (Å²) in [6, 6.07) is 0. The van der Waals surface area contributed by atoms with Crippen molar-refractivity contribution >= 4 is 34.6 Å². The van der Waals surface area contributed by atoms with Crippen LogP contribution in [0.4, 0.5) is 8.78 Å². The summed E-state index contributed by atoms with van der Waals surface area (Å²) in [6.07, 6.45) is 0.586. The van der Waals surface area contributed by atoms with Gasteiger partial charge in [0.05, 0.1) is 12.7 Å². The first-order valence-corrected chi connectivity index (χ1v) is 14.2. The molecule has 0 radical (unpaired) electrons. The Morgan fingerprint density at radius 2 is 1.95 bits per heavy atom. The van der Waals surface area contributed by atoms with Gasteiger partial charge in [0.2, 0.25) is 5.12 Å². The van der Waals surface area contributed by atoms with Gasteiger partial charge in [-0.25, -0.2) is 8.78 Å². The molecule has 0 aromatic carbocycles. The lowest BCUT2D eigenvalue weighted by Crippen LogP contribution is -2.70. The van der Waals surface area contributed by atoms with Gasteiger partial charge in [-0.05, 0) is 49.8 Å². The Morgan fingerprint density at radius 3 is 2.58 bits per heavy atom. The number of aliphatic hydroxyl groups excluding tert-OH is 1. The fourth-order valence-electron chi connectivity index (χ4n) is 8.27. The number of halogens is 2. The fraction of sp³-hybridized carbons (Fsp3) is 0.714. The molecular weight excluding hydrogens is 518 g/mol. The lowest BCUT2D eigenvalue weighted by molar-refractivity contribution is -0.228. The van der Waals surface area contributed by atoms with Crippen molar-refractivity contribution in [3.63, 3.8) is 0 Å². The molecule has 1 aliphatic heterocycles. The molecule has 7 nitrogen and oxygen atoms in total. The normalized spacial score (nSPS) is 47.5. The van der Waals surface area contributed by atoms with Gasteiger partial charge in [0.15, 0.2) is 17.1 Å². The number of hydrogen-bond acceptors (Lipinski definition) is 8. The number of thioether (sulfide) groups is 1. The zero-order valence-corrected chi connectivity index (χ0v) is 22.8. The SMILES string of the molecule is CCC(=O)O[C@]1(C(=O)S[C@H]2CCOC2=O)[C@H](C)C[C@H]2[C@@H]3C[C@H](F)C4=CC(=O)C=C[C@]4(C)[C@@]3(F)[C@@H](O)C[C@@]21C. The zero-order chi connectivity index (χ0) is 27.8. The number of hydrogen-bond donors (Lipinski definition) is 1. The number of aliphatic hydroxyl groups is 1. The fourth-order valence-corrected chi connectivity index (χ4v) is 9.56. The van der Waals surface area contributed by atoms with E-state index < -0.39 is 80.2 Å². The maximum absolute atomic E-state index is 17.4. The summed E-state index contributed by atoms with van der Waals surface area (Å²) in [4.78, 5) is 51.1. The molecule has 1 N–H and O–H groups in total. The first-order valence-electron chi connectivity index (χ1n) is 13.3. The monoisotopic (exact) mass is 552 g/mol. The molecule has 0 unspecified atom stereocenters. The molecule has 5 aliphatic rings. The van der Waals surface area contributed by atoms with Crippen LogP contribution in [0, 0.1) is 28.6 Å². The highest BCUT2D eigenvalue weighted by molar-refractivity contribution is 8.14. The molecule has 10 heteroatoms. The highest BCUT2D eigenvalue weighted by Gasteiger charge is 2.78. The summed E-state index contributed by atoms with van der Waals surface area (Å²) in [5, 5.41) is 10.3. The van der Waals surface area contributed by atoms with Crippen LogP contribution in [-0.4, -0.2) is 63.3 Å². The second kappa shape index (κ2) is 8.98. The molecule has 0 aromatic rings. The van der Waals surface area contributed by atoms with Gasteiger partial charge >= 0.3 is 11.9 Å². The first-order chi connectivity index (χ1) is 17.8. The molecule has 38 heavy (non-hydrogen) atoms. The van der Waals surface area contributed by atoms with Crippen LogP contribution in [0.25, 0.3) is 0 Å². The van der Waals surface area contributed by atoms with Gasteiger partial charge in [0.25, 0.3) is 0 Å². The van der Waals surface area contributed by atoms with Crippen molar-refractivity contribution in [1.29, 1.82) is 0 Å². The lowest BCUT2D eigenvalue weighted by Gasteiger charge is -2.63. The average Bonchev–Trinajstić information content (AvgIpc) is 3.35. The third-order valence-electron chi connectivity index (χ3n) is 10.2. The van der Waals surface area contributed by atoms with Crippen molar-refractivity contribution in [3.05, 3.63) is 23.8 Å². The molecular formula is C28H34F2O7S. The van der Waals surface area contributed by atoms with Crippen LogP contribution >= 0.6 is 11.8 Å². The molecule has 4 aliphatic carbocycles. The topological polar surface area (TPSA) is 107 Å². The summed E-state index contributed by atoms with van der Waals surface area (Å²) in [6.45, 7) is 6.78. The Balaban J connectivity index is 1.61. The minimum absolute atomic E-state index is 0.00469. The molecule has 0 spiro atoms. The Hall–Kier alpha value is -2.07. The second-order valence-electron chi connectivity index (χ2n) is 11.9. The third-order valence-corrected chi connectivity index (χ3v) is 11.4. The Morgan fingerprint density at radius 1 is 1.24 bits per heavy atom. The number of fused-ring (bicyclic) bond motifs is 5. The summed E-state index contributed by atoms with van der Waals surface area (Å²) in [5.41, 5.74) is -6.81. The van der Waals surface area contributed by atoms with E-state index in [4.69, 9.17) is 9.47 Å². The van der Waals surface area contributed by atoms with Crippen molar-refractivity contribution in [2.24, 2.45) is 28.6 Å². The van der Waals surface area contributed by atoms with Crippen molar-refractivity contribution in [2.75, 3.05) is 6.61 Å². The van der Waals surface area contributed by atoms with E-state index in [1.807, 2.05) is 0 Å². The Bertz CT molecular complexity index is 1150. The van der Waals surface area contributed by atoms with Gasteiger partial charge in [0.1, 0.15) is 11.4 Å². The number of ketones is 1. The smallest absolute Gasteiger partial charge is 0.319 e. The highest BCUT2D eigenvalue weighted by Crippen LogP contribution is 2.72. The van der Waals surface area contributed by atoms with Crippen LogP contribution in [0.1, 0.15) is 59.8 Å². The molecule has 10 atom stereocenters. The molecule has 4 fully saturated rings. The minimum atomic E-state index is -2.31. The summed E-state index contributed by atoms with van der Waals surface area (Å²) in [7, 11) is 0. The summed E-state index contributed by atoms with van der Waals surface area (Å²) in [5.74, 6) is -3.76. The third kappa shape index (κ3) is 3.41. The van der Waals surface area contributed by atoms with Gasteiger partial charge in [-0.15, -0.1) is 0 Å². The summed E-state index contributed by atoms with van der Waals surface area (Å²) >= 11 is 0.772. The average molecular weight is 553 g/mol. The number of rotatable bonds is 4. The molecule has 3 saturated carbocycles. The predicted octanol–water partition coefficient (Wildman–Crippen LogP) is 3.82. The van der Waals surface area contributed by atoms with Crippen LogP contribution in [0.5, 0.6) is 0 Å². The van der Waals surface area contributed by atoms with Gasteiger partial charge < -0.3 is 14.6 Å². The Kier molecular flexibility index (Phi) is 6.50. The molecule has 1 heterocycles. The minimum Gasteiger partial charge on any atom is -0.465 e. The largest absolute Gasteiger partial charge is 0.465 e. The van der Waals surface area contributed by atoms with E-state index in [0.29, 0.717) is 6.42 Å². The van der Waals surface area contributed by atoms with Gasteiger partial charge in [-0.2, -0.15) is 0 Å². The van der Waals surface area contributed by atoms with E-state index in [-0.39, 0.29) is 37.9 Å². The first kappa shape index (κ1) is 27.5. The van der Waals surface area contributed by atoms with E-state index in [9.17, 15) is 24.3 Å². The molecule has 0 amide bonds. The summed E-state index contributed by atoms with van der Waals surface area (Å²) < 4.78 is 44.2. The van der Waals surface area contributed by atoms with Crippen molar-refractivity contribution < 1.29 is 42.5 Å². The molecule has 5 rings (SSSR count). The number of ether oxygens (including phenoxy) is 2. The molecule has 1 saturated heterocycles. The quantitative estimate of drug-likeness (QED) is 0.525. The van der Waals surface area contributed by atoms with Crippen molar-refractivity contribution in [3.8, 4) is 0 Å². The van der Waals surface area contributed by atoms with Crippen molar-refractivity contribution in [2.45, 2.75) is 88.6 Å². The predicted molar refractivity (Wildman–Crippen MR) is 134 cm³/mol. The van der Waals surface area contributed by atoms with E-state index in [0.717, 1.165) is 17.8 Å². The maximum Gasteiger partial charge on any atom is 0.319 e. The van der Waals surface area contributed by atoms with Crippen LogP contribution in [0.15, 0.2) is 23.8 Å². The number of allylic oxidation sites excluding steroid dienone is 4. The van der Waals surface area contributed by atoms with Crippen LogP contribution < -0.4 is 0 Å². The number of carbonyl (C=O) groups excluding carboxylic acids is 4. The van der Waals surface area contributed by atoms with E-state index in [1.54, 1.807) is 20.8 Å². The maximum atomic E-state index is 17.4. The number of alkyl halides is 2. The van der Waals surface area contributed by atoms with Crippen LogP contribution in [0.2, 0.25) is 0 Å². The van der Waals surface area contributed by atoms with E-state index in [1.165, 1.54) is 19.1 Å². The van der Waals surface area contributed by atoms with Gasteiger partial charge in [-0.1, -0.05) is 38.6 Å². The zero-order valence-electron chi connectivity index (χ0n) is 22.0. The van der Waals surface area contributed by atoms with Gasteiger partial charge in [0, 0.05) is 35.5 Å².